The third kappa shape index (κ3) is 6.30. The topological polar surface area (TPSA) is 122 Å². The van der Waals surface area contributed by atoms with Crippen LogP contribution >= 0.6 is 0 Å². The summed E-state index contributed by atoms with van der Waals surface area (Å²) in [5, 5.41) is 14.5. The maximum Gasteiger partial charge on any atom is 0.269 e. The Morgan fingerprint density at radius 3 is 2.35 bits per heavy atom. The van der Waals surface area contributed by atoms with Crippen molar-refractivity contribution < 1.29 is 22.5 Å². The molecular weight excluding hydrogens is 463 g/mol. The monoisotopic (exact) mass is 484 g/mol. The molecule has 3 rings (SSSR count). The fourth-order valence-corrected chi connectivity index (χ4v) is 4.33. The van der Waals surface area contributed by atoms with Gasteiger partial charge in [0.25, 0.3) is 11.6 Å². The van der Waals surface area contributed by atoms with Crippen LogP contribution in [0.5, 0.6) is 0 Å². The molecule has 0 aliphatic rings. The summed E-state index contributed by atoms with van der Waals surface area (Å²) in [6.45, 7) is 0.842. The van der Waals surface area contributed by atoms with Crippen molar-refractivity contribution in [2.45, 2.75) is 18.4 Å². The summed E-state index contributed by atoms with van der Waals surface area (Å²) in [5.74, 6) is -1.34. The van der Waals surface area contributed by atoms with E-state index in [4.69, 9.17) is 0 Å². The van der Waals surface area contributed by atoms with Crippen LogP contribution in [-0.2, 0) is 21.4 Å². The molecule has 0 spiro atoms. The number of hydrogen-bond acceptors (Lipinski definition) is 6. The number of nitrogens with one attached hydrogen (secondary N) is 1. The summed E-state index contributed by atoms with van der Waals surface area (Å²) in [6, 6.07) is 17.3. The number of sulfonamides is 1. The highest BCUT2D eigenvalue weighted by Crippen LogP contribution is 2.20. The Balaban J connectivity index is 1.77. The first-order valence-electron chi connectivity index (χ1n) is 10.0. The lowest BCUT2D eigenvalue weighted by Crippen LogP contribution is -2.39. The number of nitrogens with zero attached hydrogens (tertiary/aromatic N) is 3. The molecule has 0 saturated heterocycles. The molecule has 34 heavy (non-hydrogen) atoms. The molecular formula is C23H21FN4O5S. The quantitative estimate of drug-likeness (QED) is 0.283. The predicted molar refractivity (Wildman–Crippen MR) is 124 cm³/mol. The van der Waals surface area contributed by atoms with Gasteiger partial charge in [-0.2, -0.15) is 9.41 Å². The lowest BCUT2D eigenvalue weighted by atomic mass is 10.2. The maximum absolute atomic E-state index is 14.2. The number of halogens is 1. The van der Waals surface area contributed by atoms with Gasteiger partial charge in [0.15, 0.2) is 0 Å². The van der Waals surface area contributed by atoms with Crippen molar-refractivity contribution in [3.05, 3.63) is 105 Å². The van der Waals surface area contributed by atoms with Gasteiger partial charge in [-0.3, -0.25) is 14.9 Å². The van der Waals surface area contributed by atoms with E-state index >= 15 is 0 Å². The van der Waals surface area contributed by atoms with Crippen molar-refractivity contribution in [2.75, 3.05) is 6.54 Å². The van der Waals surface area contributed by atoms with Gasteiger partial charge in [-0.15, -0.1) is 0 Å². The molecule has 1 N–H and O–H groups in total. The zero-order chi connectivity index (χ0) is 24.7. The van der Waals surface area contributed by atoms with Crippen molar-refractivity contribution in [1.29, 1.82) is 0 Å². The van der Waals surface area contributed by atoms with Crippen LogP contribution in [0.25, 0.3) is 0 Å². The Morgan fingerprint density at radius 1 is 1.09 bits per heavy atom. The van der Waals surface area contributed by atoms with E-state index in [1.807, 2.05) is 6.92 Å². The van der Waals surface area contributed by atoms with Gasteiger partial charge in [-0.05, 0) is 42.8 Å². The van der Waals surface area contributed by atoms with E-state index in [1.54, 1.807) is 18.2 Å². The van der Waals surface area contributed by atoms with E-state index in [1.165, 1.54) is 60.8 Å². The molecule has 0 aromatic heterocycles. The summed E-state index contributed by atoms with van der Waals surface area (Å²) < 4.78 is 41.5. The van der Waals surface area contributed by atoms with Gasteiger partial charge in [-0.1, -0.05) is 35.9 Å². The summed E-state index contributed by atoms with van der Waals surface area (Å²) in [4.78, 5) is 22.6. The molecule has 0 aliphatic heterocycles. The molecule has 0 fully saturated rings. The second kappa shape index (κ2) is 10.8. The first-order valence-corrected chi connectivity index (χ1v) is 11.5. The Labute approximate surface area is 195 Å². The van der Waals surface area contributed by atoms with E-state index < -0.39 is 33.2 Å². The van der Waals surface area contributed by atoms with Gasteiger partial charge in [0.2, 0.25) is 10.0 Å². The zero-order valence-electron chi connectivity index (χ0n) is 18.1. The molecule has 0 unspecified atom stereocenters. The molecule has 0 atom stereocenters. The molecule has 176 valence electrons. The minimum atomic E-state index is -4.13. The second-order valence-electron chi connectivity index (χ2n) is 7.32. The predicted octanol–water partition coefficient (Wildman–Crippen LogP) is 3.38. The standard InChI is InChI=1S/C23H21FN4O5S/c1-17-6-12-21(13-7-17)34(32,33)27(15-19-4-2-3-5-22(19)24)16-23(29)26-25-14-18-8-10-20(11-9-18)28(30)31/h2-14H,15-16H2,1H3,(H,26,29)/b25-14-. The Kier molecular flexibility index (Phi) is 7.82. The van der Waals surface area contributed by atoms with E-state index in [9.17, 15) is 27.7 Å². The van der Waals surface area contributed by atoms with Gasteiger partial charge < -0.3 is 0 Å². The third-order valence-corrected chi connectivity index (χ3v) is 6.60. The molecule has 1 amide bonds. The highest BCUT2D eigenvalue weighted by atomic mass is 32.2. The molecule has 3 aromatic carbocycles. The normalized spacial score (nSPS) is 11.6. The summed E-state index contributed by atoms with van der Waals surface area (Å²) >= 11 is 0. The molecule has 0 aliphatic carbocycles. The zero-order valence-corrected chi connectivity index (χ0v) is 18.9. The van der Waals surface area contributed by atoms with E-state index in [0.717, 1.165) is 9.87 Å². The number of carbonyl (C=O) groups is 1. The summed E-state index contributed by atoms with van der Waals surface area (Å²) in [5.41, 5.74) is 3.60. The molecule has 0 bridgehead atoms. The fourth-order valence-electron chi connectivity index (χ4n) is 2.96. The van der Waals surface area contributed by atoms with Crippen molar-refractivity contribution in [3.8, 4) is 0 Å². The van der Waals surface area contributed by atoms with Crippen LogP contribution in [0.4, 0.5) is 10.1 Å². The van der Waals surface area contributed by atoms with Crippen molar-refractivity contribution in [2.24, 2.45) is 5.10 Å². The Morgan fingerprint density at radius 2 is 1.74 bits per heavy atom. The number of non-ortho nitro benzene ring substituents is 1. The number of nitro benzene ring substituents is 1. The number of carbonyl (C=O) groups excluding carboxylic acids is 1. The second-order valence-corrected chi connectivity index (χ2v) is 9.26. The molecule has 0 saturated carbocycles. The number of hydrogen-bond donors (Lipinski definition) is 1. The van der Waals surface area contributed by atoms with Crippen LogP contribution in [0.1, 0.15) is 16.7 Å². The van der Waals surface area contributed by atoms with Crippen LogP contribution < -0.4 is 5.43 Å². The average molecular weight is 485 g/mol. The van der Waals surface area contributed by atoms with Gasteiger partial charge in [0.1, 0.15) is 5.82 Å². The lowest BCUT2D eigenvalue weighted by molar-refractivity contribution is -0.384. The van der Waals surface area contributed by atoms with Crippen LogP contribution in [-0.4, -0.2) is 36.3 Å². The minimum absolute atomic E-state index is 0.0309. The summed E-state index contributed by atoms with van der Waals surface area (Å²) in [6.07, 6.45) is 1.26. The Hall–Kier alpha value is -3.96. The molecule has 0 heterocycles. The van der Waals surface area contributed by atoms with Crippen LogP contribution in [0.2, 0.25) is 0 Å². The number of benzene rings is 3. The summed E-state index contributed by atoms with van der Waals surface area (Å²) in [7, 11) is -4.13. The van der Waals surface area contributed by atoms with Crippen molar-refractivity contribution in [1.82, 2.24) is 9.73 Å². The highest BCUT2D eigenvalue weighted by Gasteiger charge is 2.27. The molecule has 11 heteroatoms. The smallest absolute Gasteiger partial charge is 0.269 e. The number of nitro groups is 1. The SMILES string of the molecule is Cc1ccc(S(=O)(=O)N(CC(=O)N/N=C\c2ccc([N+](=O)[O-])cc2)Cc2ccccc2F)cc1. The van der Waals surface area contributed by atoms with Crippen molar-refractivity contribution >= 4 is 27.8 Å². The third-order valence-electron chi connectivity index (χ3n) is 4.79. The first-order chi connectivity index (χ1) is 16.2. The van der Waals surface area contributed by atoms with Crippen LogP contribution in [0.3, 0.4) is 0 Å². The molecule has 9 nitrogen and oxygen atoms in total. The number of hydrazone groups is 1. The highest BCUT2D eigenvalue weighted by molar-refractivity contribution is 7.89. The average Bonchev–Trinajstić information content (AvgIpc) is 2.80. The number of amides is 1. The number of aryl methyl sites for hydroxylation is 1. The van der Waals surface area contributed by atoms with Crippen LogP contribution in [0.15, 0.2) is 82.8 Å². The van der Waals surface area contributed by atoms with Gasteiger partial charge >= 0.3 is 0 Å². The Bertz CT molecular complexity index is 1310. The van der Waals surface area contributed by atoms with E-state index in [2.05, 4.69) is 10.5 Å². The molecule has 3 aromatic rings. The minimum Gasteiger partial charge on any atom is -0.272 e. The number of rotatable bonds is 9. The van der Waals surface area contributed by atoms with E-state index in [0.29, 0.717) is 5.56 Å². The largest absolute Gasteiger partial charge is 0.272 e. The van der Waals surface area contributed by atoms with Gasteiger partial charge in [-0.25, -0.2) is 18.2 Å². The first kappa shape index (κ1) is 24.7. The van der Waals surface area contributed by atoms with E-state index in [-0.39, 0.29) is 22.7 Å². The van der Waals surface area contributed by atoms with Gasteiger partial charge in [0.05, 0.1) is 22.6 Å². The molecule has 0 radical (unpaired) electrons. The van der Waals surface area contributed by atoms with Crippen molar-refractivity contribution in [3.63, 3.8) is 0 Å². The lowest BCUT2D eigenvalue weighted by Gasteiger charge is -2.22. The van der Waals surface area contributed by atoms with Gasteiger partial charge in [0, 0.05) is 24.2 Å². The van der Waals surface area contributed by atoms with Crippen LogP contribution in [0, 0.1) is 22.9 Å². The maximum atomic E-state index is 14.2. The fraction of sp³-hybridized carbons (Fsp3) is 0.130.